The van der Waals surface area contributed by atoms with Gasteiger partial charge >= 0.3 is 0 Å². The Bertz CT molecular complexity index is 1720. The monoisotopic (exact) mass is 546 g/mol. The van der Waals surface area contributed by atoms with Crippen LogP contribution in [0.3, 0.4) is 0 Å². The zero-order chi connectivity index (χ0) is 29.9. The lowest BCUT2D eigenvalue weighted by Gasteiger charge is -2.18. The Kier molecular flexibility index (Phi) is 8.39. The summed E-state index contributed by atoms with van der Waals surface area (Å²) in [5.74, 6) is 2.93. The van der Waals surface area contributed by atoms with Gasteiger partial charge in [0.05, 0.1) is 22.1 Å². The van der Waals surface area contributed by atoms with Crippen molar-refractivity contribution < 1.29 is 4.74 Å². The van der Waals surface area contributed by atoms with Crippen LogP contribution in [-0.2, 0) is 10.2 Å². The topological polar surface area (TPSA) is 66.6 Å². The molecular formula is C36H42N4O. The van der Waals surface area contributed by atoms with Gasteiger partial charge in [0.1, 0.15) is 23.2 Å². The number of allylic oxidation sites excluding steroid dienone is 8. The summed E-state index contributed by atoms with van der Waals surface area (Å²) < 4.78 is 5.92. The number of nitrogens with zero attached hydrogens (tertiary/aromatic N) is 2. The normalized spacial score (nSPS) is 13.9. The van der Waals surface area contributed by atoms with Gasteiger partial charge in [-0.25, -0.2) is 9.97 Å². The van der Waals surface area contributed by atoms with E-state index in [0.29, 0.717) is 11.5 Å². The molecule has 0 aliphatic rings. The molecule has 5 nitrogen and oxygen atoms in total. The Balaban J connectivity index is 1.53. The first kappa shape index (κ1) is 29.6. The van der Waals surface area contributed by atoms with E-state index in [9.17, 15) is 0 Å². The van der Waals surface area contributed by atoms with E-state index in [2.05, 4.69) is 114 Å². The molecule has 0 spiro atoms. The fourth-order valence-electron chi connectivity index (χ4n) is 4.15. The highest BCUT2D eigenvalue weighted by molar-refractivity contribution is 5.88. The molecule has 0 amide bonds. The van der Waals surface area contributed by atoms with E-state index < -0.39 is 0 Å². The average molecular weight is 547 g/mol. The zero-order valence-corrected chi connectivity index (χ0v) is 25.6. The Morgan fingerprint density at radius 3 is 2.02 bits per heavy atom. The number of aromatic nitrogens is 4. The maximum Gasteiger partial charge on any atom is 0.138 e. The van der Waals surface area contributed by atoms with Crippen molar-refractivity contribution in [3.8, 4) is 11.1 Å². The van der Waals surface area contributed by atoms with E-state index in [0.717, 1.165) is 50.4 Å². The summed E-state index contributed by atoms with van der Waals surface area (Å²) >= 11 is 0. The van der Waals surface area contributed by atoms with Gasteiger partial charge in [-0.3, -0.25) is 0 Å². The van der Waals surface area contributed by atoms with Crippen LogP contribution in [0.2, 0.25) is 0 Å². The molecule has 0 saturated heterocycles. The highest BCUT2D eigenvalue weighted by Crippen LogP contribution is 2.29. The van der Waals surface area contributed by atoms with Gasteiger partial charge < -0.3 is 14.7 Å². The van der Waals surface area contributed by atoms with E-state index in [1.165, 1.54) is 5.57 Å². The van der Waals surface area contributed by atoms with Gasteiger partial charge in [-0.15, -0.1) is 0 Å². The van der Waals surface area contributed by atoms with Gasteiger partial charge in [-0.2, -0.15) is 0 Å². The zero-order valence-electron chi connectivity index (χ0n) is 25.6. The van der Waals surface area contributed by atoms with Crippen LogP contribution in [0.4, 0.5) is 0 Å². The lowest BCUT2D eigenvalue weighted by Crippen LogP contribution is -2.12. The summed E-state index contributed by atoms with van der Waals surface area (Å²) in [6.45, 7) is 25.1. The highest BCUT2D eigenvalue weighted by atomic mass is 16.5. The standard InChI is InChI=1S/C36H42N4O/c1-11-25(15-14-24(4)41-28(12-2)18-13-23(3)35(5,6)7)33-37-29-19-16-26(21-31(29)38-33)27-17-20-30-32(22-27)40-34(39-30)36(8,9)10/h11-22H,2,4H2,1,3,5-10H3,(H,37,38)(H,39,40)/b15-14-,23-13+,25-11+,28-18+. The molecule has 212 valence electrons. The molecule has 4 aromatic rings. The minimum absolute atomic E-state index is 0.0327. The molecule has 0 aliphatic carbocycles. The van der Waals surface area contributed by atoms with Gasteiger partial charge in [0, 0.05) is 11.0 Å². The number of benzene rings is 2. The third-order valence-electron chi connectivity index (χ3n) is 7.17. The molecule has 2 N–H and O–H groups in total. The van der Waals surface area contributed by atoms with Crippen molar-refractivity contribution in [1.29, 1.82) is 0 Å². The van der Waals surface area contributed by atoms with Crippen molar-refractivity contribution in [1.82, 2.24) is 19.9 Å². The molecule has 0 aliphatic heterocycles. The van der Waals surface area contributed by atoms with E-state index >= 15 is 0 Å². The van der Waals surface area contributed by atoms with Gasteiger partial charge in [-0.05, 0) is 79.0 Å². The maximum atomic E-state index is 5.92. The second kappa shape index (κ2) is 11.6. The van der Waals surface area contributed by atoms with Gasteiger partial charge in [0.15, 0.2) is 0 Å². The Morgan fingerprint density at radius 1 is 0.854 bits per heavy atom. The van der Waals surface area contributed by atoms with Crippen molar-refractivity contribution >= 4 is 27.6 Å². The Morgan fingerprint density at radius 2 is 1.46 bits per heavy atom. The number of rotatable bonds is 8. The van der Waals surface area contributed by atoms with Crippen LogP contribution < -0.4 is 0 Å². The molecule has 2 aromatic carbocycles. The lowest BCUT2D eigenvalue weighted by molar-refractivity contribution is 0.338. The van der Waals surface area contributed by atoms with Crippen molar-refractivity contribution in [2.45, 2.75) is 60.8 Å². The minimum Gasteiger partial charge on any atom is -0.458 e. The SMILES string of the molecule is C=C/C(=C\C=C(/C)C(C)(C)C)OC(=C)/C=C\C(=C/C)c1nc2ccc(-c3ccc4nc(C(C)(C)C)[nH]c4c3)cc2[nH]1. The lowest BCUT2D eigenvalue weighted by atomic mass is 9.87. The number of H-pyrrole nitrogens is 2. The summed E-state index contributed by atoms with van der Waals surface area (Å²) in [4.78, 5) is 16.6. The Labute approximate surface area is 244 Å². The molecule has 41 heavy (non-hydrogen) atoms. The minimum atomic E-state index is -0.0327. The molecule has 2 aromatic heterocycles. The molecular weight excluding hydrogens is 504 g/mol. The number of hydrogen-bond donors (Lipinski definition) is 2. The number of fused-ring (bicyclic) bond motifs is 2. The second-order valence-corrected chi connectivity index (χ2v) is 12.4. The van der Waals surface area contributed by atoms with Crippen molar-refractivity contribution in [3.05, 3.63) is 115 Å². The predicted octanol–water partition coefficient (Wildman–Crippen LogP) is 9.96. The van der Waals surface area contributed by atoms with Gasteiger partial charge in [-0.1, -0.05) is 84.6 Å². The van der Waals surface area contributed by atoms with Gasteiger partial charge in [0.25, 0.3) is 0 Å². The summed E-state index contributed by atoms with van der Waals surface area (Å²) in [6, 6.07) is 12.7. The summed E-state index contributed by atoms with van der Waals surface area (Å²) in [5, 5.41) is 0. The molecule has 2 heterocycles. The van der Waals surface area contributed by atoms with Crippen molar-refractivity contribution in [2.24, 2.45) is 5.41 Å². The predicted molar refractivity (Wildman–Crippen MR) is 174 cm³/mol. The first-order valence-corrected chi connectivity index (χ1v) is 14.0. The summed E-state index contributed by atoms with van der Waals surface area (Å²) in [6.07, 6.45) is 11.5. The molecule has 0 radical (unpaired) electrons. The smallest absolute Gasteiger partial charge is 0.138 e. The second-order valence-electron chi connectivity index (χ2n) is 12.4. The van der Waals surface area contributed by atoms with Crippen LogP contribution in [0.1, 0.15) is 67.0 Å². The molecule has 5 heteroatoms. The first-order valence-electron chi connectivity index (χ1n) is 14.0. The number of ether oxygens (including phenoxy) is 1. The third-order valence-corrected chi connectivity index (χ3v) is 7.17. The van der Waals surface area contributed by atoms with Crippen LogP contribution in [-0.4, -0.2) is 19.9 Å². The van der Waals surface area contributed by atoms with Crippen LogP contribution in [0, 0.1) is 5.41 Å². The van der Waals surface area contributed by atoms with Crippen molar-refractivity contribution in [2.75, 3.05) is 0 Å². The number of imidazole rings is 2. The van der Waals surface area contributed by atoms with Crippen molar-refractivity contribution in [3.63, 3.8) is 0 Å². The van der Waals surface area contributed by atoms with Crippen LogP contribution in [0.25, 0.3) is 38.8 Å². The largest absolute Gasteiger partial charge is 0.458 e. The fraction of sp³-hybridized carbons (Fsp3) is 0.278. The summed E-state index contributed by atoms with van der Waals surface area (Å²) in [5.41, 5.74) is 8.38. The van der Waals surface area contributed by atoms with Crippen LogP contribution >= 0.6 is 0 Å². The van der Waals surface area contributed by atoms with Crippen LogP contribution in [0.5, 0.6) is 0 Å². The fourth-order valence-corrected chi connectivity index (χ4v) is 4.15. The Hall–Kier alpha value is -4.38. The summed E-state index contributed by atoms with van der Waals surface area (Å²) in [7, 11) is 0. The number of aromatic amines is 2. The van der Waals surface area contributed by atoms with E-state index in [4.69, 9.17) is 14.7 Å². The first-order chi connectivity index (χ1) is 19.3. The van der Waals surface area contributed by atoms with Gasteiger partial charge in [0.2, 0.25) is 0 Å². The van der Waals surface area contributed by atoms with Crippen LogP contribution in [0.15, 0.2) is 103 Å². The van der Waals surface area contributed by atoms with E-state index in [-0.39, 0.29) is 10.8 Å². The molecule has 0 bridgehead atoms. The van der Waals surface area contributed by atoms with E-state index in [1.54, 1.807) is 6.08 Å². The molecule has 0 saturated carbocycles. The average Bonchev–Trinajstić information content (AvgIpc) is 3.54. The maximum absolute atomic E-state index is 5.92. The quantitative estimate of drug-likeness (QED) is 0.171. The molecule has 0 atom stereocenters. The highest BCUT2D eigenvalue weighted by Gasteiger charge is 2.18. The van der Waals surface area contributed by atoms with E-state index in [1.807, 2.05) is 31.2 Å². The number of nitrogens with one attached hydrogen (secondary N) is 2. The molecule has 4 rings (SSSR count). The number of hydrogen-bond acceptors (Lipinski definition) is 3. The molecule has 0 unspecified atom stereocenters. The third kappa shape index (κ3) is 7.04. The molecule has 0 fully saturated rings.